The predicted molar refractivity (Wildman–Crippen MR) is 81.9 cm³/mol. The second-order valence-electron chi connectivity index (χ2n) is 5.38. The van der Waals surface area contributed by atoms with Gasteiger partial charge in [-0.1, -0.05) is 23.2 Å². The highest BCUT2D eigenvalue weighted by atomic mass is 35.5. The van der Waals surface area contributed by atoms with Crippen LogP contribution in [-0.2, 0) is 14.9 Å². The van der Waals surface area contributed by atoms with Gasteiger partial charge < -0.3 is 8.92 Å². The van der Waals surface area contributed by atoms with Crippen LogP contribution in [0.3, 0.4) is 0 Å². The summed E-state index contributed by atoms with van der Waals surface area (Å²) in [6.07, 6.45) is -0.869. The molecule has 6 nitrogen and oxygen atoms in total. The van der Waals surface area contributed by atoms with Crippen molar-refractivity contribution in [2.45, 2.75) is 31.9 Å². The maximum absolute atomic E-state index is 12.3. The predicted octanol–water partition coefficient (Wildman–Crippen LogP) is 4.57. The van der Waals surface area contributed by atoms with Gasteiger partial charge in [0.15, 0.2) is 5.75 Å². The Morgan fingerprint density at radius 3 is 1.96 bits per heavy atom. The second kappa shape index (κ2) is 6.85. The van der Waals surface area contributed by atoms with E-state index in [9.17, 15) is 26.4 Å². The van der Waals surface area contributed by atoms with Crippen LogP contribution in [0.5, 0.6) is 5.75 Å². The molecule has 1 amide bonds. The van der Waals surface area contributed by atoms with Crippen molar-refractivity contribution in [2.24, 2.45) is 0 Å². The van der Waals surface area contributed by atoms with Crippen LogP contribution in [0, 0.1) is 0 Å². The summed E-state index contributed by atoms with van der Waals surface area (Å²) in [7, 11) is -5.94. The van der Waals surface area contributed by atoms with Gasteiger partial charge in [-0.25, -0.2) is 4.79 Å². The summed E-state index contributed by atoms with van der Waals surface area (Å²) in [4.78, 5) is 11.6. The van der Waals surface area contributed by atoms with Crippen LogP contribution in [-0.4, -0.2) is 25.6 Å². The van der Waals surface area contributed by atoms with E-state index in [1.54, 1.807) is 20.8 Å². The van der Waals surface area contributed by atoms with Crippen molar-refractivity contribution in [3.63, 3.8) is 0 Å². The summed E-state index contributed by atoms with van der Waals surface area (Å²) in [6.45, 7) is 4.85. The van der Waals surface area contributed by atoms with Crippen molar-refractivity contribution in [1.82, 2.24) is 0 Å². The van der Waals surface area contributed by atoms with Crippen LogP contribution >= 0.6 is 23.2 Å². The third-order valence-electron chi connectivity index (χ3n) is 2.12. The summed E-state index contributed by atoms with van der Waals surface area (Å²) in [5, 5.41) is 1.13. The molecule has 12 heteroatoms. The average molecular weight is 410 g/mol. The molecule has 0 bridgehead atoms. The number of amides is 1. The lowest BCUT2D eigenvalue weighted by Crippen LogP contribution is -2.28. The Kier molecular flexibility index (Phi) is 5.89. The van der Waals surface area contributed by atoms with Crippen LogP contribution in [0.25, 0.3) is 0 Å². The van der Waals surface area contributed by atoms with Crippen LogP contribution in [0.2, 0.25) is 10.0 Å². The van der Waals surface area contributed by atoms with Gasteiger partial charge in [0, 0.05) is 5.69 Å². The van der Waals surface area contributed by atoms with E-state index in [0.717, 1.165) is 12.1 Å². The standard InChI is InChI=1S/C12H12Cl2F3NO5S/c1-11(2,3)22-10(19)18-6-4-7(13)9(8(14)5-6)23-24(20,21)12(15,16)17/h4-5H,1-3H3,(H,18,19). The first-order chi connectivity index (χ1) is 10.6. The Bertz CT molecular complexity index is 721. The summed E-state index contributed by atoms with van der Waals surface area (Å²) in [6, 6.07) is 1.91. The largest absolute Gasteiger partial charge is 0.534 e. The normalized spacial score (nSPS) is 12.7. The zero-order valence-electron chi connectivity index (χ0n) is 12.5. The molecule has 0 unspecified atom stereocenters. The molecule has 0 heterocycles. The van der Waals surface area contributed by atoms with Crippen molar-refractivity contribution in [1.29, 1.82) is 0 Å². The fourth-order valence-corrected chi connectivity index (χ4v) is 2.44. The highest BCUT2D eigenvalue weighted by Crippen LogP contribution is 2.39. The number of anilines is 1. The van der Waals surface area contributed by atoms with Crippen molar-refractivity contribution in [2.75, 3.05) is 5.32 Å². The Morgan fingerprint density at radius 2 is 1.58 bits per heavy atom. The lowest BCUT2D eigenvalue weighted by molar-refractivity contribution is -0.0500. The summed E-state index contributed by atoms with van der Waals surface area (Å²) in [5.74, 6) is -0.912. The van der Waals surface area contributed by atoms with Crippen molar-refractivity contribution >= 4 is 45.1 Å². The van der Waals surface area contributed by atoms with Gasteiger partial charge >= 0.3 is 21.7 Å². The number of nitrogens with one attached hydrogen (secondary N) is 1. The zero-order chi connectivity index (χ0) is 18.9. The maximum atomic E-state index is 12.3. The Balaban J connectivity index is 3.05. The number of halogens is 5. The summed E-state index contributed by atoms with van der Waals surface area (Å²) >= 11 is 11.3. The maximum Gasteiger partial charge on any atom is 0.534 e. The number of alkyl halides is 3. The summed E-state index contributed by atoms with van der Waals surface area (Å²) in [5.41, 5.74) is -6.47. The first-order valence-electron chi connectivity index (χ1n) is 6.12. The van der Waals surface area contributed by atoms with Gasteiger partial charge in [0.05, 0.1) is 10.0 Å². The minimum Gasteiger partial charge on any atom is -0.444 e. The van der Waals surface area contributed by atoms with Gasteiger partial charge in [0.1, 0.15) is 5.60 Å². The van der Waals surface area contributed by atoms with Gasteiger partial charge in [0.25, 0.3) is 0 Å². The Morgan fingerprint density at radius 1 is 1.12 bits per heavy atom. The molecule has 0 aliphatic carbocycles. The first-order valence-corrected chi connectivity index (χ1v) is 8.28. The molecule has 1 aromatic carbocycles. The van der Waals surface area contributed by atoms with Crippen molar-refractivity contribution in [3.8, 4) is 5.75 Å². The molecule has 0 aliphatic heterocycles. The van der Waals surface area contributed by atoms with Crippen molar-refractivity contribution in [3.05, 3.63) is 22.2 Å². The second-order valence-corrected chi connectivity index (χ2v) is 7.73. The van der Waals surface area contributed by atoms with Gasteiger partial charge in [-0.05, 0) is 32.9 Å². The smallest absolute Gasteiger partial charge is 0.444 e. The lowest BCUT2D eigenvalue weighted by atomic mass is 10.2. The minimum atomic E-state index is -5.94. The molecule has 0 aliphatic rings. The van der Waals surface area contributed by atoms with Gasteiger partial charge in [-0.2, -0.15) is 21.6 Å². The molecule has 1 N–H and O–H groups in total. The van der Waals surface area contributed by atoms with E-state index in [1.807, 2.05) is 0 Å². The topological polar surface area (TPSA) is 81.7 Å². The highest BCUT2D eigenvalue weighted by molar-refractivity contribution is 7.88. The molecule has 1 aromatic rings. The minimum absolute atomic E-state index is 0.0315. The molecular formula is C12H12Cl2F3NO5S. The molecule has 0 fully saturated rings. The van der Waals surface area contributed by atoms with E-state index >= 15 is 0 Å². The molecule has 136 valence electrons. The fraction of sp³-hybridized carbons (Fsp3) is 0.417. The average Bonchev–Trinajstić information content (AvgIpc) is 2.29. The Hall–Kier alpha value is -1.39. The molecular weight excluding hydrogens is 398 g/mol. The first kappa shape index (κ1) is 20.7. The molecule has 0 radical (unpaired) electrons. The number of hydrogen-bond donors (Lipinski definition) is 1. The number of hydrogen-bond acceptors (Lipinski definition) is 5. The third kappa shape index (κ3) is 5.60. The highest BCUT2D eigenvalue weighted by Gasteiger charge is 2.49. The Labute approximate surface area is 145 Å². The zero-order valence-corrected chi connectivity index (χ0v) is 14.8. The SMILES string of the molecule is CC(C)(C)OC(=O)Nc1cc(Cl)c(OS(=O)(=O)C(F)(F)F)c(Cl)c1. The molecule has 1 rings (SSSR count). The number of benzene rings is 1. The number of carbonyl (C=O) groups excluding carboxylic acids is 1. The van der Waals surface area contributed by atoms with Crippen LogP contribution < -0.4 is 9.50 Å². The van der Waals surface area contributed by atoms with E-state index in [4.69, 9.17) is 27.9 Å². The molecule has 24 heavy (non-hydrogen) atoms. The third-order valence-corrected chi connectivity index (χ3v) is 3.63. The van der Waals surface area contributed by atoms with E-state index in [0.29, 0.717) is 0 Å². The molecule has 0 aromatic heterocycles. The van der Waals surface area contributed by atoms with E-state index in [-0.39, 0.29) is 5.69 Å². The molecule has 0 atom stereocenters. The van der Waals surface area contributed by atoms with Gasteiger partial charge in [-0.15, -0.1) is 0 Å². The van der Waals surface area contributed by atoms with E-state index in [1.165, 1.54) is 0 Å². The molecule has 0 saturated heterocycles. The van der Waals surface area contributed by atoms with Gasteiger partial charge in [-0.3, -0.25) is 5.32 Å². The lowest BCUT2D eigenvalue weighted by Gasteiger charge is -2.20. The van der Waals surface area contributed by atoms with Crippen molar-refractivity contribution < 1.29 is 35.3 Å². The van der Waals surface area contributed by atoms with Crippen LogP contribution in [0.4, 0.5) is 23.7 Å². The number of ether oxygens (including phenoxy) is 1. The summed E-state index contributed by atoms with van der Waals surface area (Å²) < 4.78 is 67.8. The van der Waals surface area contributed by atoms with Crippen LogP contribution in [0.15, 0.2) is 12.1 Å². The fourth-order valence-electron chi connectivity index (χ4n) is 1.29. The molecule has 0 spiro atoms. The number of rotatable bonds is 3. The van der Waals surface area contributed by atoms with Crippen LogP contribution in [0.1, 0.15) is 20.8 Å². The molecule has 0 saturated carbocycles. The monoisotopic (exact) mass is 409 g/mol. The quantitative estimate of drug-likeness (QED) is 0.583. The van der Waals surface area contributed by atoms with E-state index < -0.39 is 43.1 Å². The van der Waals surface area contributed by atoms with Gasteiger partial charge in [0.2, 0.25) is 0 Å². The van der Waals surface area contributed by atoms with E-state index in [2.05, 4.69) is 9.50 Å². The number of carbonyl (C=O) groups is 1.